The zero-order valence-corrected chi connectivity index (χ0v) is 15.2. The first-order valence-electron chi connectivity index (χ1n) is 6.75. The molecule has 1 aromatic heterocycles. The van der Waals surface area contributed by atoms with Gasteiger partial charge in [0.1, 0.15) is 0 Å². The Hall–Kier alpha value is -2.32. The summed E-state index contributed by atoms with van der Waals surface area (Å²) in [6.45, 7) is 4.03. The van der Waals surface area contributed by atoms with Gasteiger partial charge in [-0.3, -0.25) is 14.9 Å². The van der Waals surface area contributed by atoms with Crippen molar-refractivity contribution >= 4 is 11.5 Å². The molecule has 1 heterocycles. The molecule has 0 radical (unpaired) electrons. The number of rotatable bonds is 5. The van der Waals surface area contributed by atoms with E-state index in [1.165, 1.54) is 19.2 Å². The molecule has 0 atom stereocenters. The molecule has 0 saturated carbocycles. The molecular weight excluding hydrogens is 380 g/mol. The second-order valence-electron chi connectivity index (χ2n) is 4.97. The molecule has 0 fully saturated rings. The highest BCUT2D eigenvalue weighted by Gasteiger charge is 2.21. The van der Waals surface area contributed by atoms with Crippen LogP contribution < -0.4 is 26.3 Å². The van der Waals surface area contributed by atoms with E-state index in [0.717, 1.165) is 11.3 Å². The van der Waals surface area contributed by atoms with Crippen LogP contribution in [0.5, 0.6) is 5.75 Å². The molecule has 2 N–H and O–H groups in total. The lowest BCUT2D eigenvalue weighted by Crippen LogP contribution is -3.00. The summed E-state index contributed by atoms with van der Waals surface area (Å²) >= 11 is 0. The highest BCUT2D eigenvalue weighted by molar-refractivity contribution is 5.96. The van der Waals surface area contributed by atoms with Gasteiger partial charge in [0.15, 0.2) is 17.6 Å². The lowest BCUT2D eigenvalue weighted by Gasteiger charge is -2.05. The first-order valence-corrected chi connectivity index (χ1v) is 6.75. The summed E-state index contributed by atoms with van der Waals surface area (Å²) in [5.41, 5.74) is 2.15. The fraction of sp³-hybridized carbons (Fsp3) is 0.250. The maximum atomic E-state index is 12.4. The average Bonchev–Trinajstić information content (AvgIpc) is 2.51. The quantitative estimate of drug-likeness (QED) is 0.266. The molecule has 7 nitrogen and oxygen atoms in total. The molecule has 2 rings (SSSR count). The van der Waals surface area contributed by atoms with Crippen LogP contribution in [-0.4, -0.2) is 23.3 Å². The van der Waals surface area contributed by atoms with E-state index in [0.29, 0.717) is 5.56 Å². The summed E-state index contributed by atoms with van der Waals surface area (Å²) in [6.07, 6.45) is 1.82. The normalized spacial score (nSPS) is 9.46. The molecule has 0 spiro atoms. The van der Waals surface area contributed by atoms with Crippen molar-refractivity contribution in [3.8, 4) is 5.75 Å². The highest BCUT2D eigenvalue weighted by atomic mass is 79.9. The molecule has 2 aromatic rings. The molecule has 0 bridgehead atoms. The highest BCUT2D eigenvalue weighted by Crippen LogP contribution is 2.27. The van der Waals surface area contributed by atoms with Crippen LogP contribution in [0.2, 0.25) is 0 Å². The Kier molecular flexibility index (Phi) is 8.21. The number of nitro benzene ring substituents is 1. The number of ketones is 1. The number of aromatic nitrogens is 1. The van der Waals surface area contributed by atoms with Gasteiger partial charge in [0, 0.05) is 30.2 Å². The van der Waals surface area contributed by atoms with Crippen molar-refractivity contribution in [1.82, 2.24) is 0 Å². The minimum atomic E-state index is -0.555. The van der Waals surface area contributed by atoms with Crippen LogP contribution in [0.25, 0.3) is 0 Å². The topological polar surface area (TPSA) is 105 Å². The lowest BCUT2D eigenvalue weighted by atomic mass is 10.1. The Morgan fingerprint density at radius 2 is 1.96 bits per heavy atom. The fourth-order valence-corrected chi connectivity index (χ4v) is 2.17. The minimum absolute atomic E-state index is 0. The van der Waals surface area contributed by atoms with Gasteiger partial charge in [-0.15, -0.1) is 0 Å². The van der Waals surface area contributed by atoms with Crippen molar-refractivity contribution in [2.24, 2.45) is 0 Å². The summed E-state index contributed by atoms with van der Waals surface area (Å²) in [5, 5.41) is 11.0. The van der Waals surface area contributed by atoms with Gasteiger partial charge in [0.25, 0.3) is 0 Å². The van der Waals surface area contributed by atoms with Gasteiger partial charge in [-0.05, 0) is 25.1 Å². The first-order chi connectivity index (χ1) is 10.4. The Morgan fingerprint density at radius 1 is 1.29 bits per heavy atom. The van der Waals surface area contributed by atoms with E-state index in [4.69, 9.17) is 4.74 Å². The van der Waals surface area contributed by atoms with Crippen LogP contribution in [0.3, 0.4) is 0 Å². The maximum Gasteiger partial charge on any atom is 0.311 e. The summed E-state index contributed by atoms with van der Waals surface area (Å²) in [4.78, 5) is 22.8. The lowest BCUT2D eigenvalue weighted by molar-refractivity contribution is -0.689. The van der Waals surface area contributed by atoms with Gasteiger partial charge >= 0.3 is 5.69 Å². The number of carbonyl (C=O) groups is 1. The van der Waals surface area contributed by atoms with Crippen LogP contribution in [-0.2, 0) is 6.54 Å². The third-order valence-electron chi connectivity index (χ3n) is 3.63. The molecule has 24 heavy (non-hydrogen) atoms. The van der Waals surface area contributed by atoms with Crippen LogP contribution >= 0.6 is 0 Å². The second-order valence-corrected chi connectivity index (χ2v) is 4.97. The van der Waals surface area contributed by atoms with Crippen molar-refractivity contribution in [3.63, 3.8) is 0 Å². The van der Waals surface area contributed by atoms with Crippen LogP contribution in [0.15, 0.2) is 36.5 Å². The van der Waals surface area contributed by atoms with E-state index in [2.05, 4.69) is 0 Å². The SMILES string of the molecule is COc1ccc(C(=O)C[n+]2cccc(C)c2C)cc1[N+](=O)[O-].O.[Br-]. The first kappa shape index (κ1) is 21.7. The number of benzene rings is 1. The van der Waals surface area contributed by atoms with Crippen molar-refractivity contribution < 1.29 is 41.5 Å². The Bertz CT molecular complexity index is 749. The van der Waals surface area contributed by atoms with Crippen LogP contribution in [0.4, 0.5) is 5.69 Å². The molecular formula is C16H19BrN2O5. The zero-order valence-electron chi connectivity index (χ0n) is 13.6. The van der Waals surface area contributed by atoms with E-state index in [9.17, 15) is 14.9 Å². The molecule has 0 amide bonds. The molecule has 0 unspecified atom stereocenters. The predicted molar refractivity (Wildman–Crippen MR) is 83.7 cm³/mol. The number of methoxy groups -OCH3 is 1. The number of nitrogens with zero attached hydrogens (tertiary/aromatic N) is 2. The number of aryl methyl sites for hydroxylation is 1. The molecule has 0 saturated heterocycles. The average molecular weight is 399 g/mol. The van der Waals surface area contributed by atoms with Gasteiger partial charge in [-0.2, -0.15) is 4.57 Å². The molecule has 130 valence electrons. The fourth-order valence-electron chi connectivity index (χ4n) is 2.17. The van der Waals surface area contributed by atoms with E-state index in [-0.39, 0.29) is 46.2 Å². The minimum Gasteiger partial charge on any atom is -1.00 e. The maximum absolute atomic E-state index is 12.4. The third-order valence-corrected chi connectivity index (χ3v) is 3.63. The Morgan fingerprint density at radius 3 is 2.54 bits per heavy atom. The van der Waals surface area contributed by atoms with E-state index in [1.54, 1.807) is 6.07 Å². The zero-order chi connectivity index (χ0) is 16.3. The summed E-state index contributed by atoms with van der Waals surface area (Å²) in [5.74, 6) is -0.0506. The summed E-state index contributed by atoms with van der Waals surface area (Å²) in [7, 11) is 1.36. The van der Waals surface area contributed by atoms with Crippen molar-refractivity contribution in [1.29, 1.82) is 0 Å². The Balaban J connectivity index is 0.00000264. The van der Waals surface area contributed by atoms with E-state index < -0.39 is 4.92 Å². The number of ether oxygens (including phenoxy) is 1. The summed E-state index contributed by atoms with van der Waals surface area (Å²) in [6, 6.07) is 8.08. The smallest absolute Gasteiger partial charge is 0.311 e. The second kappa shape index (κ2) is 9.09. The number of carbonyl (C=O) groups excluding carboxylic acids is 1. The predicted octanol–water partition coefficient (Wildman–Crippen LogP) is -1.43. The number of Topliss-reactive ketones (excluding diaryl/α,β-unsaturated/α-hetero) is 1. The molecule has 0 aliphatic heterocycles. The van der Waals surface area contributed by atoms with E-state index >= 15 is 0 Å². The number of halogens is 1. The monoisotopic (exact) mass is 398 g/mol. The van der Waals surface area contributed by atoms with E-state index in [1.807, 2.05) is 36.7 Å². The van der Waals surface area contributed by atoms with Gasteiger partial charge < -0.3 is 27.2 Å². The third kappa shape index (κ3) is 4.59. The largest absolute Gasteiger partial charge is 1.00 e. The van der Waals surface area contributed by atoms with Crippen LogP contribution in [0.1, 0.15) is 21.6 Å². The molecule has 8 heteroatoms. The van der Waals surface area contributed by atoms with Crippen molar-refractivity contribution in [2.75, 3.05) is 7.11 Å². The summed E-state index contributed by atoms with van der Waals surface area (Å²) < 4.78 is 6.76. The Labute approximate surface area is 150 Å². The number of pyridine rings is 1. The molecule has 1 aromatic carbocycles. The van der Waals surface area contributed by atoms with Crippen molar-refractivity contribution in [2.45, 2.75) is 20.4 Å². The molecule has 0 aliphatic rings. The molecule has 0 aliphatic carbocycles. The van der Waals surface area contributed by atoms with Gasteiger partial charge in [0.2, 0.25) is 12.3 Å². The van der Waals surface area contributed by atoms with Gasteiger partial charge in [-0.1, -0.05) is 0 Å². The number of hydrogen-bond donors (Lipinski definition) is 0. The van der Waals surface area contributed by atoms with Crippen LogP contribution in [0, 0.1) is 24.0 Å². The van der Waals surface area contributed by atoms with Gasteiger partial charge in [0.05, 0.1) is 12.0 Å². The number of nitro groups is 1. The standard InChI is InChI=1S/C16H17N2O4.BrH.H2O/c1-11-5-4-8-17(12(11)2)10-15(19)13-6-7-16(22-3)14(9-13)18(20)21;;/h4-9H,10H2,1-3H3;1H;1H2/q+1;;/p-1. The number of hydrogen-bond acceptors (Lipinski definition) is 4. The van der Waals surface area contributed by atoms with Crippen molar-refractivity contribution in [3.05, 3.63) is 63.5 Å². The van der Waals surface area contributed by atoms with Gasteiger partial charge in [-0.25, -0.2) is 0 Å².